The van der Waals surface area contributed by atoms with Crippen molar-refractivity contribution in [3.05, 3.63) is 34.4 Å². The average Bonchev–Trinajstić information content (AvgIpc) is 2.94. The number of hydrogen-bond acceptors (Lipinski definition) is 5. The van der Waals surface area contributed by atoms with Gasteiger partial charge in [-0.3, -0.25) is 0 Å². The first-order valence-corrected chi connectivity index (χ1v) is 11.4. The molecule has 29 heavy (non-hydrogen) atoms. The molecule has 0 saturated heterocycles. The SMILES string of the molecule is C[C@]12CC[C@H](O)C[C@@H]1CC[C@H]1[C@H]2[C@@H](O)C[C@@]2(C)[C@H](c3ccc(=O)oc3)CC[C@]12O. The molecular formula is C24H34O5. The third kappa shape index (κ3) is 2.60. The van der Waals surface area contributed by atoms with E-state index < -0.39 is 17.1 Å². The van der Waals surface area contributed by atoms with Crippen molar-refractivity contribution in [2.45, 2.75) is 88.9 Å². The number of rotatable bonds is 1. The lowest BCUT2D eigenvalue weighted by Gasteiger charge is -2.65. The van der Waals surface area contributed by atoms with Crippen molar-refractivity contribution in [1.82, 2.24) is 0 Å². The van der Waals surface area contributed by atoms with Gasteiger partial charge in [0.2, 0.25) is 0 Å². The van der Waals surface area contributed by atoms with E-state index in [1.54, 1.807) is 6.26 Å². The van der Waals surface area contributed by atoms with Crippen LogP contribution in [0.25, 0.3) is 0 Å². The Morgan fingerprint density at radius 2 is 1.86 bits per heavy atom. The maximum atomic E-state index is 12.2. The highest BCUT2D eigenvalue weighted by Gasteiger charge is 2.69. The highest BCUT2D eigenvalue weighted by molar-refractivity contribution is 5.28. The third-order valence-electron chi connectivity index (χ3n) is 9.89. The molecule has 4 aliphatic rings. The number of hydrogen-bond donors (Lipinski definition) is 3. The first-order chi connectivity index (χ1) is 13.7. The smallest absolute Gasteiger partial charge is 0.335 e. The van der Waals surface area contributed by atoms with E-state index in [0.717, 1.165) is 50.5 Å². The van der Waals surface area contributed by atoms with E-state index in [9.17, 15) is 20.1 Å². The first kappa shape index (κ1) is 19.8. The maximum absolute atomic E-state index is 12.2. The van der Waals surface area contributed by atoms with Gasteiger partial charge in [-0.05, 0) is 92.1 Å². The summed E-state index contributed by atoms with van der Waals surface area (Å²) in [5.41, 5.74) is -0.681. The van der Waals surface area contributed by atoms with Crippen LogP contribution in [0.3, 0.4) is 0 Å². The second-order valence-corrected chi connectivity index (χ2v) is 10.9. The standard InChI is InChI=1S/C24H34O5/c1-22-9-7-16(25)11-15(22)4-5-18-21(22)19(26)12-23(2)17(8-10-24(18,23)28)14-3-6-20(27)29-13-14/h3,6,13,15-19,21,25-26,28H,4-5,7-12H2,1-2H3/t15-,16-,17-,18-,19-,21-,22-,23-,24-/m0/s1. The monoisotopic (exact) mass is 402 g/mol. The Hall–Kier alpha value is -1.17. The average molecular weight is 403 g/mol. The molecule has 4 fully saturated rings. The predicted molar refractivity (Wildman–Crippen MR) is 108 cm³/mol. The molecule has 5 nitrogen and oxygen atoms in total. The minimum Gasteiger partial charge on any atom is -0.431 e. The molecule has 5 heteroatoms. The summed E-state index contributed by atoms with van der Waals surface area (Å²) < 4.78 is 5.14. The topological polar surface area (TPSA) is 90.9 Å². The van der Waals surface area contributed by atoms with Gasteiger partial charge in [0.25, 0.3) is 0 Å². The van der Waals surface area contributed by atoms with Crippen LogP contribution >= 0.6 is 0 Å². The first-order valence-electron chi connectivity index (χ1n) is 11.4. The molecule has 1 heterocycles. The second-order valence-electron chi connectivity index (χ2n) is 10.9. The van der Waals surface area contributed by atoms with Crippen LogP contribution in [0.2, 0.25) is 0 Å². The van der Waals surface area contributed by atoms with Crippen molar-refractivity contribution in [2.75, 3.05) is 0 Å². The molecule has 4 aliphatic carbocycles. The fourth-order valence-corrected chi connectivity index (χ4v) is 8.41. The summed E-state index contributed by atoms with van der Waals surface area (Å²) in [6, 6.07) is 3.28. The van der Waals surface area contributed by atoms with Crippen LogP contribution in [-0.2, 0) is 0 Å². The highest BCUT2D eigenvalue weighted by Crippen LogP contribution is 2.70. The molecule has 5 rings (SSSR count). The molecule has 0 unspecified atom stereocenters. The molecule has 0 aliphatic heterocycles. The van der Waals surface area contributed by atoms with E-state index in [0.29, 0.717) is 12.3 Å². The van der Waals surface area contributed by atoms with Crippen LogP contribution in [0, 0.1) is 28.6 Å². The predicted octanol–water partition coefficient (Wildman–Crippen LogP) is 3.21. The lowest BCUT2D eigenvalue weighted by Crippen LogP contribution is -2.66. The molecule has 4 saturated carbocycles. The van der Waals surface area contributed by atoms with Crippen molar-refractivity contribution in [3.63, 3.8) is 0 Å². The molecule has 0 radical (unpaired) electrons. The Morgan fingerprint density at radius 1 is 1.07 bits per heavy atom. The lowest BCUT2D eigenvalue weighted by molar-refractivity contribution is -0.239. The molecule has 1 aromatic heterocycles. The fraction of sp³-hybridized carbons (Fsp3) is 0.792. The van der Waals surface area contributed by atoms with Gasteiger partial charge >= 0.3 is 5.63 Å². The van der Waals surface area contributed by atoms with Crippen LogP contribution in [-0.4, -0.2) is 33.1 Å². The maximum Gasteiger partial charge on any atom is 0.335 e. The van der Waals surface area contributed by atoms with Gasteiger partial charge in [-0.25, -0.2) is 4.79 Å². The van der Waals surface area contributed by atoms with Crippen LogP contribution in [0.4, 0.5) is 0 Å². The molecule has 0 bridgehead atoms. The number of fused-ring (bicyclic) bond motifs is 5. The van der Waals surface area contributed by atoms with Crippen molar-refractivity contribution >= 4 is 0 Å². The minimum atomic E-state index is -0.818. The summed E-state index contributed by atoms with van der Waals surface area (Å²) in [5, 5.41) is 33.8. The zero-order chi connectivity index (χ0) is 20.6. The normalized spacial score (nSPS) is 51.8. The molecule has 3 N–H and O–H groups in total. The van der Waals surface area contributed by atoms with Gasteiger partial charge in [0.15, 0.2) is 0 Å². The van der Waals surface area contributed by atoms with Gasteiger partial charge < -0.3 is 19.7 Å². The van der Waals surface area contributed by atoms with Gasteiger partial charge in [0.05, 0.1) is 24.1 Å². The highest BCUT2D eigenvalue weighted by atomic mass is 16.4. The molecule has 0 amide bonds. The van der Waals surface area contributed by atoms with Crippen molar-refractivity contribution in [2.24, 2.45) is 28.6 Å². The molecule has 0 aromatic carbocycles. The Balaban J connectivity index is 1.52. The fourth-order valence-electron chi connectivity index (χ4n) is 8.41. The van der Waals surface area contributed by atoms with E-state index in [1.165, 1.54) is 6.07 Å². The summed E-state index contributed by atoms with van der Waals surface area (Å²) in [5.74, 6) is 0.662. The molecule has 0 spiro atoms. The summed E-state index contributed by atoms with van der Waals surface area (Å²) in [6.45, 7) is 4.43. The zero-order valence-corrected chi connectivity index (χ0v) is 17.5. The Labute approximate surface area is 172 Å². The van der Waals surface area contributed by atoms with E-state index in [-0.39, 0.29) is 34.9 Å². The van der Waals surface area contributed by atoms with Crippen LogP contribution < -0.4 is 5.63 Å². The summed E-state index contributed by atoms with van der Waals surface area (Å²) >= 11 is 0. The van der Waals surface area contributed by atoms with Gasteiger partial charge in [-0.15, -0.1) is 0 Å². The molecule has 160 valence electrons. The Kier molecular flexibility index (Phi) is 4.37. The zero-order valence-electron chi connectivity index (χ0n) is 17.5. The summed E-state index contributed by atoms with van der Waals surface area (Å²) in [7, 11) is 0. The number of aliphatic hydroxyl groups excluding tert-OH is 2. The quantitative estimate of drug-likeness (QED) is 0.671. The van der Waals surface area contributed by atoms with Crippen molar-refractivity contribution in [1.29, 1.82) is 0 Å². The van der Waals surface area contributed by atoms with Crippen LogP contribution in [0.5, 0.6) is 0 Å². The Bertz CT molecular complexity index is 829. The lowest BCUT2D eigenvalue weighted by atomic mass is 9.42. The summed E-state index contributed by atoms with van der Waals surface area (Å²) in [6.07, 6.45) is 7.49. The Morgan fingerprint density at radius 3 is 2.59 bits per heavy atom. The van der Waals surface area contributed by atoms with Crippen LogP contribution in [0.1, 0.15) is 76.7 Å². The minimum absolute atomic E-state index is 0.0176. The van der Waals surface area contributed by atoms with E-state index in [4.69, 9.17) is 4.42 Å². The second kappa shape index (κ2) is 6.41. The van der Waals surface area contributed by atoms with Gasteiger partial charge in [-0.2, -0.15) is 0 Å². The summed E-state index contributed by atoms with van der Waals surface area (Å²) in [4.78, 5) is 11.4. The van der Waals surface area contributed by atoms with Crippen LogP contribution in [0.15, 0.2) is 27.6 Å². The molecular weight excluding hydrogens is 368 g/mol. The molecule has 1 aromatic rings. The van der Waals surface area contributed by atoms with E-state index in [2.05, 4.69) is 13.8 Å². The molecule has 9 atom stereocenters. The van der Waals surface area contributed by atoms with Crippen molar-refractivity contribution < 1.29 is 19.7 Å². The van der Waals surface area contributed by atoms with E-state index in [1.807, 2.05) is 6.07 Å². The van der Waals surface area contributed by atoms with Crippen molar-refractivity contribution in [3.8, 4) is 0 Å². The van der Waals surface area contributed by atoms with E-state index >= 15 is 0 Å². The number of aliphatic hydroxyl groups is 3. The van der Waals surface area contributed by atoms with Gasteiger partial charge in [0, 0.05) is 11.5 Å². The largest absolute Gasteiger partial charge is 0.431 e. The van der Waals surface area contributed by atoms with Gasteiger partial charge in [-0.1, -0.05) is 13.8 Å². The van der Waals surface area contributed by atoms with Gasteiger partial charge in [0.1, 0.15) is 0 Å². The third-order valence-corrected chi connectivity index (χ3v) is 9.89.